The summed E-state index contributed by atoms with van der Waals surface area (Å²) in [5.74, 6) is 1.70. The number of anilines is 2. The number of aromatic nitrogens is 2. The lowest BCUT2D eigenvalue weighted by atomic mass is 10.2. The Morgan fingerprint density at radius 1 is 1.05 bits per heavy atom. The lowest BCUT2D eigenvalue weighted by Crippen LogP contribution is -2.46. The Morgan fingerprint density at radius 3 is 2.33 bits per heavy atom. The smallest absolute Gasteiger partial charge is 0.150 e. The van der Waals surface area contributed by atoms with Crippen LogP contribution in [0.2, 0.25) is 5.02 Å². The molecule has 0 bridgehead atoms. The number of nitrogens with zero attached hydrogens (tertiary/aromatic N) is 4. The van der Waals surface area contributed by atoms with Gasteiger partial charge in [0.2, 0.25) is 0 Å². The molecule has 0 spiro atoms. The summed E-state index contributed by atoms with van der Waals surface area (Å²) in [5.41, 5.74) is 1.21. The highest BCUT2D eigenvalue weighted by atomic mass is 35.5. The van der Waals surface area contributed by atoms with Gasteiger partial charge in [0.25, 0.3) is 0 Å². The highest BCUT2D eigenvalue weighted by Crippen LogP contribution is 2.25. The van der Waals surface area contributed by atoms with E-state index in [1.54, 1.807) is 13.3 Å². The normalized spacial score (nSPS) is 15.1. The van der Waals surface area contributed by atoms with Crippen molar-refractivity contribution >= 4 is 23.1 Å². The number of hydrogen-bond donors (Lipinski definition) is 0. The van der Waals surface area contributed by atoms with Crippen LogP contribution in [0.25, 0.3) is 0 Å². The third-order valence-electron chi connectivity index (χ3n) is 3.66. The van der Waals surface area contributed by atoms with Gasteiger partial charge in [0.1, 0.15) is 17.1 Å². The van der Waals surface area contributed by atoms with Gasteiger partial charge < -0.3 is 14.5 Å². The Balaban J connectivity index is 1.66. The van der Waals surface area contributed by atoms with E-state index in [1.807, 2.05) is 12.1 Å². The van der Waals surface area contributed by atoms with Crippen LogP contribution in [-0.2, 0) is 0 Å². The first kappa shape index (κ1) is 13.9. The van der Waals surface area contributed by atoms with Crippen LogP contribution < -0.4 is 14.5 Å². The van der Waals surface area contributed by atoms with Gasteiger partial charge in [-0.05, 0) is 24.3 Å². The first-order valence-electron chi connectivity index (χ1n) is 6.87. The average molecular weight is 305 g/mol. The number of hydrogen-bond acceptors (Lipinski definition) is 5. The molecule has 1 aromatic carbocycles. The van der Waals surface area contributed by atoms with Gasteiger partial charge in [-0.3, -0.25) is 0 Å². The van der Waals surface area contributed by atoms with Crippen LogP contribution in [0.4, 0.5) is 11.5 Å². The summed E-state index contributed by atoms with van der Waals surface area (Å²) in [6.07, 6.45) is 3.18. The van der Waals surface area contributed by atoms with Crippen LogP contribution in [0.15, 0.2) is 36.8 Å². The van der Waals surface area contributed by atoms with E-state index in [0.717, 1.165) is 37.7 Å². The summed E-state index contributed by atoms with van der Waals surface area (Å²) in [6, 6.07) is 8.16. The second-order valence-corrected chi connectivity index (χ2v) is 5.27. The average Bonchev–Trinajstić information content (AvgIpc) is 2.56. The van der Waals surface area contributed by atoms with Crippen molar-refractivity contribution in [3.8, 4) is 5.75 Å². The third kappa shape index (κ3) is 3.03. The first-order chi connectivity index (χ1) is 10.3. The molecule has 1 aliphatic heterocycles. The maximum absolute atomic E-state index is 6.15. The molecule has 0 radical (unpaired) electrons. The number of ether oxygens (including phenoxy) is 1. The molecule has 1 fully saturated rings. The zero-order valence-corrected chi connectivity index (χ0v) is 12.6. The molecule has 0 unspecified atom stereocenters. The van der Waals surface area contributed by atoms with Gasteiger partial charge in [-0.25, -0.2) is 9.97 Å². The van der Waals surface area contributed by atoms with Crippen molar-refractivity contribution < 1.29 is 4.74 Å². The molecule has 0 N–H and O–H groups in total. The minimum atomic E-state index is 0.607. The summed E-state index contributed by atoms with van der Waals surface area (Å²) in [5, 5.41) is 0.607. The minimum Gasteiger partial charge on any atom is -0.497 e. The molecule has 6 heteroatoms. The number of rotatable bonds is 3. The Kier molecular flexibility index (Phi) is 4.10. The Labute approximate surface area is 129 Å². The Bertz CT molecular complexity index is 597. The molecule has 1 aliphatic rings. The predicted molar refractivity (Wildman–Crippen MR) is 84.5 cm³/mol. The van der Waals surface area contributed by atoms with Gasteiger partial charge in [-0.15, -0.1) is 0 Å². The molecule has 21 heavy (non-hydrogen) atoms. The number of halogens is 1. The van der Waals surface area contributed by atoms with Crippen molar-refractivity contribution in [1.29, 1.82) is 0 Å². The van der Waals surface area contributed by atoms with Crippen LogP contribution in [0.1, 0.15) is 0 Å². The summed E-state index contributed by atoms with van der Waals surface area (Å²) < 4.78 is 5.19. The highest BCUT2D eigenvalue weighted by Gasteiger charge is 2.20. The maximum Gasteiger partial charge on any atom is 0.150 e. The topological polar surface area (TPSA) is 41.5 Å². The number of benzene rings is 1. The van der Waals surface area contributed by atoms with Crippen molar-refractivity contribution in [2.75, 3.05) is 43.1 Å². The molecule has 0 atom stereocenters. The maximum atomic E-state index is 6.15. The van der Waals surface area contributed by atoms with Crippen LogP contribution >= 0.6 is 11.6 Å². The number of methoxy groups -OCH3 is 1. The standard InChI is InChI=1S/C15H17ClN4O/c1-21-13-4-2-12(3-5-13)19-6-8-20(9-7-19)15-14(16)10-17-11-18-15/h2-5,10-11H,6-9H2,1H3. The fourth-order valence-electron chi connectivity index (χ4n) is 2.51. The van der Waals surface area contributed by atoms with Gasteiger partial charge in [0.05, 0.1) is 13.3 Å². The Morgan fingerprint density at radius 2 is 1.71 bits per heavy atom. The molecule has 0 amide bonds. The molecule has 110 valence electrons. The van der Waals surface area contributed by atoms with E-state index in [2.05, 4.69) is 31.9 Å². The van der Waals surface area contributed by atoms with Gasteiger partial charge in [-0.2, -0.15) is 0 Å². The number of piperazine rings is 1. The summed E-state index contributed by atoms with van der Waals surface area (Å²) >= 11 is 6.15. The van der Waals surface area contributed by atoms with E-state index < -0.39 is 0 Å². The monoisotopic (exact) mass is 304 g/mol. The molecule has 1 aromatic heterocycles. The summed E-state index contributed by atoms with van der Waals surface area (Å²) in [6.45, 7) is 3.66. The van der Waals surface area contributed by atoms with Crippen molar-refractivity contribution in [1.82, 2.24) is 9.97 Å². The molecular weight excluding hydrogens is 288 g/mol. The lowest BCUT2D eigenvalue weighted by molar-refractivity contribution is 0.415. The van der Waals surface area contributed by atoms with Gasteiger partial charge in [0.15, 0.2) is 5.82 Å². The quantitative estimate of drug-likeness (QED) is 0.871. The van der Waals surface area contributed by atoms with Gasteiger partial charge in [0, 0.05) is 31.9 Å². The highest BCUT2D eigenvalue weighted by molar-refractivity contribution is 6.32. The van der Waals surface area contributed by atoms with E-state index >= 15 is 0 Å². The second-order valence-electron chi connectivity index (χ2n) is 4.87. The zero-order valence-electron chi connectivity index (χ0n) is 11.9. The first-order valence-corrected chi connectivity index (χ1v) is 7.25. The SMILES string of the molecule is COc1ccc(N2CCN(c3ncncc3Cl)CC2)cc1. The van der Waals surface area contributed by atoms with E-state index in [9.17, 15) is 0 Å². The third-order valence-corrected chi connectivity index (χ3v) is 3.93. The predicted octanol–water partition coefficient (Wildman–Crippen LogP) is 2.47. The van der Waals surface area contributed by atoms with Crippen molar-refractivity contribution in [2.45, 2.75) is 0 Å². The molecule has 5 nitrogen and oxygen atoms in total. The molecular formula is C15H17ClN4O. The summed E-state index contributed by atoms with van der Waals surface area (Å²) in [7, 11) is 1.68. The van der Waals surface area contributed by atoms with Crippen LogP contribution in [-0.4, -0.2) is 43.3 Å². The van der Waals surface area contributed by atoms with E-state index in [0.29, 0.717) is 5.02 Å². The van der Waals surface area contributed by atoms with Crippen molar-refractivity contribution in [3.63, 3.8) is 0 Å². The minimum absolute atomic E-state index is 0.607. The van der Waals surface area contributed by atoms with E-state index in [-0.39, 0.29) is 0 Å². The van der Waals surface area contributed by atoms with Crippen LogP contribution in [0.5, 0.6) is 5.75 Å². The van der Waals surface area contributed by atoms with E-state index in [4.69, 9.17) is 16.3 Å². The van der Waals surface area contributed by atoms with Crippen molar-refractivity contribution in [2.24, 2.45) is 0 Å². The largest absolute Gasteiger partial charge is 0.497 e. The fraction of sp³-hybridized carbons (Fsp3) is 0.333. The van der Waals surface area contributed by atoms with Gasteiger partial charge >= 0.3 is 0 Å². The second kappa shape index (κ2) is 6.18. The molecule has 0 saturated carbocycles. The molecule has 2 aromatic rings. The van der Waals surface area contributed by atoms with Crippen LogP contribution in [0.3, 0.4) is 0 Å². The lowest BCUT2D eigenvalue weighted by Gasteiger charge is -2.36. The Hall–Kier alpha value is -2.01. The molecule has 2 heterocycles. The molecule has 1 saturated heterocycles. The van der Waals surface area contributed by atoms with Gasteiger partial charge in [-0.1, -0.05) is 11.6 Å². The summed E-state index contributed by atoms with van der Waals surface area (Å²) in [4.78, 5) is 12.7. The van der Waals surface area contributed by atoms with E-state index in [1.165, 1.54) is 12.0 Å². The zero-order chi connectivity index (χ0) is 14.7. The van der Waals surface area contributed by atoms with Crippen molar-refractivity contribution in [3.05, 3.63) is 41.8 Å². The fourth-order valence-corrected chi connectivity index (χ4v) is 2.73. The van der Waals surface area contributed by atoms with Crippen LogP contribution in [0, 0.1) is 0 Å². The molecule has 0 aliphatic carbocycles. The molecule has 3 rings (SSSR count).